The minimum absolute atomic E-state index is 0.143. The number of carbonyl (C=O) groups is 2. The molecule has 1 saturated heterocycles. The molecule has 1 aliphatic carbocycles. The summed E-state index contributed by atoms with van der Waals surface area (Å²) in [5, 5.41) is 13.1. The van der Waals surface area contributed by atoms with Crippen LogP contribution in [0.1, 0.15) is 30.6 Å². The van der Waals surface area contributed by atoms with E-state index in [2.05, 4.69) is 0 Å². The Balaban J connectivity index is 1.57. The molecule has 0 unspecified atom stereocenters. The second-order valence-corrected chi connectivity index (χ2v) is 9.10. The first-order valence-corrected chi connectivity index (χ1v) is 9.98. The third-order valence-corrected chi connectivity index (χ3v) is 6.21. The van der Waals surface area contributed by atoms with Crippen molar-refractivity contribution in [2.24, 2.45) is 10.8 Å². The Morgan fingerprint density at radius 1 is 1.25 bits per heavy atom. The van der Waals surface area contributed by atoms with E-state index in [4.69, 9.17) is 0 Å². The van der Waals surface area contributed by atoms with Crippen molar-refractivity contribution in [3.8, 4) is 17.2 Å². The maximum absolute atomic E-state index is 14.1. The second kappa shape index (κ2) is 6.39. The first-order chi connectivity index (χ1) is 13.2. The van der Waals surface area contributed by atoms with E-state index in [1.807, 2.05) is 36.7 Å². The van der Waals surface area contributed by atoms with E-state index in [0.717, 1.165) is 5.56 Å². The van der Waals surface area contributed by atoms with Gasteiger partial charge in [-0.3, -0.25) is 9.59 Å². The third-order valence-electron chi connectivity index (χ3n) is 5.52. The Morgan fingerprint density at radius 3 is 2.64 bits per heavy atom. The number of hydrogen-bond acceptors (Lipinski definition) is 4. The number of hydrogen-bond donors (Lipinski definition) is 0. The van der Waals surface area contributed by atoms with Crippen LogP contribution in [0.4, 0.5) is 4.39 Å². The number of Topliss-reactive ketones (excluding diaryl/α,β-unsaturated/α-hetero) is 1. The monoisotopic (exact) mass is 394 g/mol. The summed E-state index contributed by atoms with van der Waals surface area (Å²) in [5.41, 5.74) is 1.06. The van der Waals surface area contributed by atoms with Gasteiger partial charge in [0.05, 0.1) is 5.57 Å². The van der Waals surface area contributed by atoms with E-state index in [1.54, 1.807) is 17.0 Å². The minimum atomic E-state index is -0.625. The zero-order chi connectivity index (χ0) is 20.1. The number of halogens is 1. The molecule has 0 atom stereocenters. The molecule has 4 nitrogen and oxygen atoms in total. The molecule has 2 aliphatic rings. The van der Waals surface area contributed by atoms with Gasteiger partial charge in [0.15, 0.2) is 5.78 Å². The molecule has 0 radical (unpaired) electrons. The fourth-order valence-corrected chi connectivity index (χ4v) is 5.05. The summed E-state index contributed by atoms with van der Waals surface area (Å²) in [4.78, 5) is 26.9. The summed E-state index contributed by atoms with van der Waals surface area (Å²) in [6, 6.07) is 8.28. The van der Waals surface area contributed by atoms with Crippen molar-refractivity contribution in [3.63, 3.8) is 0 Å². The Bertz CT molecular complexity index is 1040. The molecule has 2 heterocycles. The van der Waals surface area contributed by atoms with Crippen molar-refractivity contribution in [3.05, 3.63) is 58.1 Å². The van der Waals surface area contributed by atoms with Crippen LogP contribution in [0.2, 0.25) is 0 Å². The van der Waals surface area contributed by atoms with Crippen LogP contribution in [0, 0.1) is 28.0 Å². The lowest BCUT2D eigenvalue weighted by atomic mass is 9.61. The molecular weight excluding hydrogens is 375 g/mol. The summed E-state index contributed by atoms with van der Waals surface area (Å²) < 4.78 is 14.1. The first-order valence-electron chi connectivity index (χ1n) is 9.03. The third kappa shape index (κ3) is 3.06. The van der Waals surface area contributed by atoms with Gasteiger partial charge in [-0.2, -0.15) is 16.6 Å². The van der Waals surface area contributed by atoms with Crippen LogP contribution in [0.15, 0.2) is 46.7 Å². The summed E-state index contributed by atoms with van der Waals surface area (Å²) in [7, 11) is 0. The van der Waals surface area contributed by atoms with Crippen LogP contribution in [0.5, 0.6) is 0 Å². The van der Waals surface area contributed by atoms with Gasteiger partial charge in [-0.25, -0.2) is 4.39 Å². The second-order valence-electron chi connectivity index (χ2n) is 8.32. The van der Waals surface area contributed by atoms with Crippen molar-refractivity contribution < 1.29 is 14.0 Å². The summed E-state index contributed by atoms with van der Waals surface area (Å²) in [6.07, 6.45) is 2.32. The first kappa shape index (κ1) is 18.6. The predicted molar refractivity (Wildman–Crippen MR) is 105 cm³/mol. The van der Waals surface area contributed by atoms with Gasteiger partial charge < -0.3 is 4.90 Å². The number of allylic oxidation sites excluding steroid dienone is 1. The quantitative estimate of drug-likeness (QED) is 0.756. The molecule has 1 aromatic heterocycles. The number of nitrogens with zero attached hydrogens (tertiary/aromatic N) is 2. The summed E-state index contributed by atoms with van der Waals surface area (Å²) in [5.74, 6) is -0.822. The molecule has 1 spiro atoms. The van der Waals surface area contributed by atoms with Gasteiger partial charge in [0, 0.05) is 29.5 Å². The number of benzene rings is 1. The van der Waals surface area contributed by atoms with E-state index in [9.17, 15) is 19.2 Å². The van der Waals surface area contributed by atoms with Gasteiger partial charge in [0.25, 0.3) is 5.91 Å². The number of carbonyl (C=O) groups excluding carboxylic acids is 2. The van der Waals surface area contributed by atoms with Gasteiger partial charge in [0.2, 0.25) is 0 Å². The van der Waals surface area contributed by atoms with Crippen LogP contribution in [-0.4, -0.2) is 29.7 Å². The molecule has 28 heavy (non-hydrogen) atoms. The van der Waals surface area contributed by atoms with Crippen LogP contribution in [0.25, 0.3) is 11.1 Å². The average molecular weight is 394 g/mol. The molecule has 1 aromatic carbocycles. The van der Waals surface area contributed by atoms with E-state index in [1.165, 1.54) is 23.5 Å². The van der Waals surface area contributed by atoms with Crippen molar-refractivity contribution in [2.75, 3.05) is 13.1 Å². The molecule has 1 fully saturated rings. The van der Waals surface area contributed by atoms with E-state index in [0.29, 0.717) is 30.6 Å². The number of ketones is 1. The van der Waals surface area contributed by atoms with E-state index in [-0.39, 0.29) is 22.7 Å². The number of nitriles is 1. The van der Waals surface area contributed by atoms with Gasteiger partial charge in [0.1, 0.15) is 11.9 Å². The summed E-state index contributed by atoms with van der Waals surface area (Å²) >= 11 is 1.52. The standard InChI is InChI=1S/C22H19FN2O2S/c1-21(2)11-22(8-17(9-24)19(21)26)12-25(13-22)20(27)16-5-15(6-18(23)7-16)14-3-4-28-10-14/h3-8,10H,11-13H2,1-2H3. The van der Waals surface area contributed by atoms with Crippen LogP contribution in [-0.2, 0) is 4.79 Å². The van der Waals surface area contributed by atoms with Gasteiger partial charge in [-0.15, -0.1) is 0 Å². The number of thiophene rings is 1. The van der Waals surface area contributed by atoms with E-state index < -0.39 is 11.2 Å². The molecule has 142 valence electrons. The Labute approximate surface area is 166 Å². The molecule has 1 amide bonds. The molecule has 0 bridgehead atoms. The lowest BCUT2D eigenvalue weighted by Crippen LogP contribution is -2.60. The number of likely N-dealkylation sites (tertiary alicyclic amines) is 1. The fourth-order valence-electron chi connectivity index (χ4n) is 4.38. The fraction of sp³-hybridized carbons (Fsp3) is 0.318. The van der Waals surface area contributed by atoms with Crippen LogP contribution < -0.4 is 0 Å². The minimum Gasteiger partial charge on any atom is -0.337 e. The molecule has 4 rings (SSSR count). The zero-order valence-electron chi connectivity index (χ0n) is 15.7. The highest BCUT2D eigenvalue weighted by atomic mass is 32.1. The van der Waals surface area contributed by atoms with Gasteiger partial charge >= 0.3 is 0 Å². The molecule has 1 aliphatic heterocycles. The number of rotatable bonds is 2. The molecule has 0 N–H and O–H groups in total. The SMILES string of the molecule is CC1(C)CC2(C=C(C#N)C1=O)CN(C(=O)c1cc(F)cc(-c3ccsc3)c1)C2. The smallest absolute Gasteiger partial charge is 0.254 e. The molecule has 0 saturated carbocycles. The van der Waals surface area contributed by atoms with Crippen LogP contribution >= 0.6 is 11.3 Å². The average Bonchev–Trinajstić information content (AvgIpc) is 3.15. The van der Waals surface area contributed by atoms with Crippen molar-refractivity contribution in [1.29, 1.82) is 5.26 Å². The highest BCUT2D eigenvalue weighted by Gasteiger charge is 2.52. The Hall–Kier alpha value is -2.78. The topological polar surface area (TPSA) is 61.2 Å². The largest absolute Gasteiger partial charge is 0.337 e. The maximum Gasteiger partial charge on any atom is 0.254 e. The Kier molecular flexibility index (Phi) is 4.24. The van der Waals surface area contributed by atoms with Crippen LogP contribution in [0.3, 0.4) is 0 Å². The lowest BCUT2D eigenvalue weighted by molar-refractivity contribution is -0.127. The molecule has 6 heteroatoms. The van der Waals surface area contributed by atoms with Crippen molar-refractivity contribution in [2.45, 2.75) is 20.3 Å². The maximum atomic E-state index is 14.1. The highest BCUT2D eigenvalue weighted by molar-refractivity contribution is 7.08. The zero-order valence-corrected chi connectivity index (χ0v) is 16.5. The Morgan fingerprint density at radius 2 is 2.00 bits per heavy atom. The van der Waals surface area contributed by atoms with Crippen molar-refractivity contribution >= 4 is 23.0 Å². The van der Waals surface area contributed by atoms with E-state index >= 15 is 0 Å². The van der Waals surface area contributed by atoms with Gasteiger partial charge in [-0.05, 0) is 52.6 Å². The lowest BCUT2D eigenvalue weighted by Gasteiger charge is -2.53. The van der Waals surface area contributed by atoms with Gasteiger partial charge in [-0.1, -0.05) is 19.9 Å². The normalized spacial score (nSPS) is 19.7. The molecule has 2 aromatic rings. The number of amides is 1. The molecular formula is C22H19FN2O2S. The highest BCUT2D eigenvalue weighted by Crippen LogP contribution is 2.48. The van der Waals surface area contributed by atoms with Crippen molar-refractivity contribution in [1.82, 2.24) is 4.90 Å². The predicted octanol–water partition coefficient (Wildman–Crippen LogP) is 4.45. The summed E-state index contributed by atoms with van der Waals surface area (Å²) in [6.45, 7) is 4.53.